The van der Waals surface area contributed by atoms with E-state index in [0.717, 1.165) is 22.4 Å². The number of pyridine rings is 2. The number of anilines is 4. The van der Waals surface area contributed by atoms with Crippen LogP contribution in [0.2, 0.25) is 0 Å². The molecule has 0 aliphatic carbocycles. The fraction of sp³-hybridized carbons (Fsp3) is 0. The van der Waals surface area contributed by atoms with Crippen molar-refractivity contribution in [2.75, 3.05) is 10.6 Å². The van der Waals surface area contributed by atoms with E-state index in [4.69, 9.17) is 0 Å². The highest BCUT2D eigenvalue weighted by Gasteiger charge is 2.10. The summed E-state index contributed by atoms with van der Waals surface area (Å²) in [5, 5.41) is 16.9. The van der Waals surface area contributed by atoms with Crippen LogP contribution in [0.5, 0.6) is 0 Å². The van der Waals surface area contributed by atoms with Crippen molar-refractivity contribution in [3.05, 3.63) is 73.1 Å². The molecule has 0 radical (unpaired) electrons. The number of nitrogens with one attached hydrogen (secondary N) is 2. The van der Waals surface area contributed by atoms with Gasteiger partial charge >= 0.3 is 0 Å². The van der Waals surface area contributed by atoms with Gasteiger partial charge in [-0.15, -0.1) is 10.2 Å². The highest BCUT2D eigenvalue weighted by Crippen LogP contribution is 2.28. The fourth-order valence-electron chi connectivity index (χ4n) is 2.40. The topological polar surface area (TPSA) is 75.6 Å². The Morgan fingerprint density at radius 2 is 1.00 bits per heavy atom. The van der Waals surface area contributed by atoms with Crippen molar-refractivity contribution in [1.29, 1.82) is 0 Å². The van der Waals surface area contributed by atoms with Gasteiger partial charge in [0.1, 0.15) is 11.6 Å². The van der Waals surface area contributed by atoms with Gasteiger partial charge < -0.3 is 10.6 Å². The largest absolute Gasteiger partial charge is 0.323 e. The first-order valence-electron chi connectivity index (χ1n) is 7.52. The highest BCUT2D eigenvalue weighted by molar-refractivity contribution is 5.99. The van der Waals surface area contributed by atoms with E-state index in [-0.39, 0.29) is 0 Å². The molecule has 0 aliphatic rings. The molecule has 0 fully saturated rings. The zero-order valence-corrected chi connectivity index (χ0v) is 12.7. The number of rotatable bonds is 4. The molecule has 0 atom stereocenters. The third-order valence-electron chi connectivity index (χ3n) is 3.51. The van der Waals surface area contributed by atoms with Gasteiger partial charge in [-0.05, 0) is 24.3 Å². The van der Waals surface area contributed by atoms with Gasteiger partial charge in [0.2, 0.25) is 0 Å². The van der Waals surface area contributed by atoms with E-state index in [1.165, 1.54) is 0 Å². The van der Waals surface area contributed by atoms with E-state index >= 15 is 0 Å². The van der Waals surface area contributed by atoms with E-state index in [2.05, 4.69) is 30.8 Å². The minimum Gasteiger partial charge on any atom is -0.323 e. The van der Waals surface area contributed by atoms with Crippen LogP contribution in [0.3, 0.4) is 0 Å². The van der Waals surface area contributed by atoms with Gasteiger partial charge in [-0.2, -0.15) is 0 Å². The van der Waals surface area contributed by atoms with Gasteiger partial charge in [0, 0.05) is 23.2 Å². The summed E-state index contributed by atoms with van der Waals surface area (Å²) in [7, 11) is 0. The molecule has 0 spiro atoms. The van der Waals surface area contributed by atoms with Crippen LogP contribution in [-0.2, 0) is 0 Å². The van der Waals surface area contributed by atoms with E-state index in [0.29, 0.717) is 11.6 Å². The third-order valence-corrected chi connectivity index (χ3v) is 3.51. The number of hydrogen-bond donors (Lipinski definition) is 2. The summed E-state index contributed by atoms with van der Waals surface area (Å²) in [4.78, 5) is 8.53. The zero-order valence-electron chi connectivity index (χ0n) is 12.7. The van der Waals surface area contributed by atoms with Crippen LogP contribution in [-0.4, -0.2) is 20.2 Å². The molecule has 0 unspecified atom stereocenters. The van der Waals surface area contributed by atoms with Crippen LogP contribution in [0.15, 0.2) is 73.1 Å². The summed E-state index contributed by atoms with van der Waals surface area (Å²) >= 11 is 0. The molecular formula is C18H14N6. The summed E-state index contributed by atoms with van der Waals surface area (Å²) in [6.07, 6.45) is 3.46. The number of benzene rings is 1. The molecule has 3 heterocycles. The van der Waals surface area contributed by atoms with Crippen molar-refractivity contribution >= 4 is 34.0 Å². The molecule has 3 aromatic heterocycles. The molecule has 0 bridgehead atoms. The normalized spacial score (nSPS) is 10.5. The molecule has 1 aromatic carbocycles. The molecule has 6 nitrogen and oxygen atoms in total. The number of fused-ring (bicyclic) bond motifs is 1. The van der Waals surface area contributed by atoms with Crippen molar-refractivity contribution < 1.29 is 0 Å². The maximum absolute atomic E-state index is 4.31. The molecule has 0 aliphatic heterocycles. The van der Waals surface area contributed by atoms with Gasteiger partial charge in [0.05, 0.1) is 0 Å². The van der Waals surface area contributed by atoms with Gasteiger partial charge in [0.25, 0.3) is 0 Å². The zero-order chi connectivity index (χ0) is 16.2. The van der Waals surface area contributed by atoms with Crippen molar-refractivity contribution in [3.8, 4) is 0 Å². The second kappa shape index (κ2) is 6.29. The molecule has 2 N–H and O–H groups in total. The lowest BCUT2D eigenvalue weighted by Crippen LogP contribution is -2.03. The van der Waals surface area contributed by atoms with Crippen LogP contribution in [0.25, 0.3) is 10.8 Å². The Kier molecular flexibility index (Phi) is 3.69. The van der Waals surface area contributed by atoms with Crippen LogP contribution in [0.1, 0.15) is 0 Å². The lowest BCUT2D eigenvalue weighted by atomic mass is 10.1. The summed E-state index contributed by atoms with van der Waals surface area (Å²) in [6, 6.07) is 19.3. The Hall–Kier alpha value is -3.54. The van der Waals surface area contributed by atoms with Crippen molar-refractivity contribution in [2.45, 2.75) is 0 Å². The Labute approximate surface area is 138 Å². The van der Waals surface area contributed by atoms with Crippen LogP contribution >= 0.6 is 0 Å². The molecule has 4 rings (SSSR count). The molecule has 0 saturated heterocycles. The van der Waals surface area contributed by atoms with Crippen molar-refractivity contribution in [2.24, 2.45) is 0 Å². The molecular weight excluding hydrogens is 300 g/mol. The first kappa shape index (κ1) is 14.1. The molecule has 0 amide bonds. The second-order valence-electron chi connectivity index (χ2n) is 5.12. The predicted molar refractivity (Wildman–Crippen MR) is 94.6 cm³/mol. The minimum absolute atomic E-state index is 0.663. The summed E-state index contributed by atoms with van der Waals surface area (Å²) in [5.41, 5.74) is 0. The SMILES string of the molecule is c1ccc(Nc2nnc(Nc3ccccn3)c3ccccc23)nc1. The summed E-state index contributed by atoms with van der Waals surface area (Å²) in [5.74, 6) is 2.77. The smallest absolute Gasteiger partial charge is 0.162 e. The number of hydrogen-bond acceptors (Lipinski definition) is 6. The van der Waals surface area contributed by atoms with Crippen LogP contribution in [0, 0.1) is 0 Å². The highest BCUT2D eigenvalue weighted by atomic mass is 15.2. The Morgan fingerprint density at radius 3 is 1.42 bits per heavy atom. The first-order chi connectivity index (χ1) is 11.9. The average Bonchev–Trinajstić information content (AvgIpc) is 2.65. The quantitative estimate of drug-likeness (QED) is 0.595. The summed E-state index contributed by atoms with van der Waals surface area (Å²) in [6.45, 7) is 0. The molecule has 4 aromatic rings. The van der Waals surface area contributed by atoms with E-state index in [1.54, 1.807) is 12.4 Å². The second-order valence-corrected chi connectivity index (χ2v) is 5.12. The van der Waals surface area contributed by atoms with Crippen molar-refractivity contribution in [3.63, 3.8) is 0 Å². The van der Waals surface area contributed by atoms with E-state index in [9.17, 15) is 0 Å². The first-order valence-corrected chi connectivity index (χ1v) is 7.52. The number of aromatic nitrogens is 4. The van der Waals surface area contributed by atoms with Crippen molar-refractivity contribution in [1.82, 2.24) is 20.2 Å². The molecule has 0 saturated carbocycles. The molecule has 6 heteroatoms. The van der Waals surface area contributed by atoms with E-state index < -0.39 is 0 Å². The molecule has 116 valence electrons. The monoisotopic (exact) mass is 314 g/mol. The maximum Gasteiger partial charge on any atom is 0.162 e. The average molecular weight is 314 g/mol. The lowest BCUT2D eigenvalue weighted by molar-refractivity contribution is 1.05. The minimum atomic E-state index is 0.663. The van der Waals surface area contributed by atoms with Gasteiger partial charge in [-0.1, -0.05) is 36.4 Å². The van der Waals surface area contributed by atoms with Gasteiger partial charge in [0.15, 0.2) is 11.6 Å². The maximum atomic E-state index is 4.31. The third kappa shape index (κ3) is 2.85. The standard InChI is InChI=1S/C18H14N6/c1-2-8-14-13(7-1)17(21-15-9-3-5-11-19-15)23-24-18(14)22-16-10-4-6-12-20-16/h1-12H,(H,19,21,23)(H,20,22,24). The number of nitrogens with zero attached hydrogens (tertiary/aromatic N) is 4. The van der Waals surface area contributed by atoms with Crippen LogP contribution in [0.4, 0.5) is 23.3 Å². The fourth-order valence-corrected chi connectivity index (χ4v) is 2.40. The van der Waals surface area contributed by atoms with Gasteiger partial charge in [-0.3, -0.25) is 0 Å². The summed E-state index contributed by atoms with van der Waals surface area (Å²) < 4.78 is 0. The van der Waals surface area contributed by atoms with Gasteiger partial charge in [-0.25, -0.2) is 9.97 Å². The Morgan fingerprint density at radius 1 is 0.542 bits per heavy atom. The predicted octanol–water partition coefficient (Wildman–Crippen LogP) is 3.91. The molecule has 24 heavy (non-hydrogen) atoms. The van der Waals surface area contributed by atoms with Crippen LogP contribution < -0.4 is 10.6 Å². The Balaban J connectivity index is 1.74. The Bertz CT molecular complexity index is 877. The lowest BCUT2D eigenvalue weighted by Gasteiger charge is -2.11. The van der Waals surface area contributed by atoms with E-state index in [1.807, 2.05) is 60.7 Å².